The molecule has 1 atom stereocenters. The summed E-state index contributed by atoms with van der Waals surface area (Å²) in [6.07, 6.45) is 1.92. The van der Waals surface area contributed by atoms with Gasteiger partial charge in [0.25, 0.3) is 0 Å². The van der Waals surface area contributed by atoms with E-state index in [-0.39, 0.29) is 6.04 Å². The zero-order valence-electron chi connectivity index (χ0n) is 13.8. The topological polar surface area (TPSA) is 21.6 Å². The lowest BCUT2D eigenvalue weighted by atomic mass is 10.1. The number of ether oxygens (including phenoxy) is 1. The third kappa shape index (κ3) is 4.56. The maximum atomic E-state index is 5.80. The molecule has 3 aromatic rings. The van der Waals surface area contributed by atoms with Crippen LogP contribution in [0.5, 0.6) is 5.75 Å². The zero-order valence-corrected chi connectivity index (χ0v) is 13.8. The van der Waals surface area contributed by atoms with Crippen molar-refractivity contribution in [1.82, 2.24) is 0 Å². The summed E-state index contributed by atoms with van der Waals surface area (Å²) < 4.78 is 5.80. The quantitative estimate of drug-likeness (QED) is 0.555. The third-order valence-electron chi connectivity index (χ3n) is 3.86. The summed E-state index contributed by atoms with van der Waals surface area (Å²) in [4.78, 5) is 4.62. The Bertz CT molecular complexity index is 764. The fourth-order valence-electron chi connectivity index (χ4n) is 2.41. The highest BCUT2D eigenvalue weighted by atomic mass is 16.5. The van der Waals surface area contributed by atoms with Crippen molar-refractivity contribution < 1.29 is 4.74 Å². The molecular formula is C22H21NO. The predicted octanol–water partition coefficient (Wildman–Crippen LogP) is 5.45. The SMILES string of the molecule is CC(N=Cc1ccc(OCc2ccccc2)cc1)c1ccccc1. The Balaban J connectivity index is 1.57. The van der Waals surface area contributed by atoms with Crippen molar-refractivity contribution >= 4 is 6.21 Å². The maximum absolute atomic E-state index is 5.80. The fraction of sp³-hybridized carbons (Fsp3) is 0.136. The molecular weight excluding hydrogens is 294 g/mol. The van der Waals surface area contributed by atoms with Crippen LogP contribution in [0.4, 0.5) is 0 Å². The molecule has 0 aromatic heterocycles. The molecule has 0 radical (unpaired) electrons. The van der Waals surface area contributed by atoms with Gasteiger partial charge in [-0.25, -0.2) is 0 Å². The summed E-state index contributed by atoms with van der Waals surface area (Å²) in [5.74, 6) is 0.868. The molecule has 3 aromatic carbocycles. The Kier molecular flexibility index (Phi) is 5.41. The second kappa shape index (κ2) is 8.11. The van der Waals surface area contributed by atoms with Gasteiger partial charge in [-0.15, -0.1) is 0 Å². The summed E-state index contributed by atoms with van der Waals surface area (Å²) in [7, 11) is 0. The van der Waals surface area contributed by atoms with Crippen molar-refractivity contribution in [1.29, 1.82) is 0 Å². The summed E-state index contributed by atoms with van der Waals surface area (Å²) in [5.41, 5.74) is 3.46. The van der Waals surface area contributed by atoms with Crippen molar-refractivity contribution in [2.24, 2.45) is 4.99 Å². The molecule has 0 aliphatic heterocycles. The van der Waals surface area contributed by atoms with Crippen molar-refractivity contribution in [3.8, 4) is 5.75 Å². The molecule has 120 valence electrons. The molecule has 0 saturated carbocycles. The van der Waals surface area contributed by atoms with Gasteiger partial charge < -0.3 is 4.74 Å². The Morgan fingerprint density at radius 3 is 2.12 bits per heavy atom. The van der Waals surface area contributed by atoms with E-state index in [1.54, 1.807) is 0 Å². The Hall–Kier alpha value is -2.87. The van der Waals surface area contributed by atoms with E-state index in [1.165, 1.54) is 11.1 Å². The van der Waals surface area contributed by atoms with Crippen molar-refractivity contribution in [2.45, 2.75) is 19.6 Å². The second-order valence-corrected chi connectivity index (χ2v) is 5.71. The first kappa shape index (κ1) is 16.0. The van der Waals surface area contributed by atoms with Crippen molar-refractivity contribution in [2.75, 3.05) is 0 Å². The normalized spacial score (nSPS) is 12.2. The van der Waals surface area contributed by atoms with E-state index in [1.807, 2.05) is 66.9 Å². The van der Waals surface area contributed by atoms with Crippen LogP contribution in [0.2, 0.25) is 0 Å². The lowest BCUT2D eigenvalue weighted by molar-refractivity contribution is 0.306. The summed E-state index contributed by atoms with van der Waals surface area (Å²) >= 11 is 0. The average Bonchev–Trinajstić information content (AvgIpc) is 2.67. The van der Waals surface area contributed by atoms with Gasteiger partial charge in [0.05, 0.1) is 6.04 Å². The van der Waals surface area contributed by atoms with Gasteiger partial charge in [-0.1, -0.05) is 60.7 Å². The Labute approximate surface area is 143 Å². The zero-order chi connectivity index (χ0) is 16.6. The minimum Gasteiger partial charge on any atom is -0.489 e. The highest BCUT2D eigenvalue weighted by Crippen LogP contribution is 2.17. The molecule has 0 aliphatic rings. The van der Waals surface area contributed by atoms with Gasteiger partial charge in [-0.3, -0.25) is 4.99 Å². The highest BCUT2D eigenvalue weighted by molar-refractivity contribution is 5.79. The first-order valence-electron chi connectivity index (χ1n) is 8.16. The van der Waals surface area contributed by atoms with Gasteiger partial charge in [-0.05, 0) is 47.9 Å². The molecule has 0 heterocycles. The number of benzene rings is 3. The fourth-order valence-corrected chi connectivity index (χ4v) is 2.41. The van der Waals surface area contributed by atoms with Gasteiger partial charge in [0.15, 0.2) is 0 Å². The molecule has 0 saturated heterocycles. The molecule has 0 N–H and O–H groups in total. The minimum atomic E-state index is 0.153. The van der Waals surface area contributed by atoms with Crippen LogP contribution in [-0.4, -0.2) is 6.21 Å². The molecule has 1 unspecified atom stereocenters. The number of aliphatic imine (C=N–C) groups is 1. The monoisotopic (exact) mass is 315 g/mol. The van der Waals surface area contributed by atoms with Crippen LogP contribution in [0.15, 0.2) is 89.9 Å². The van der Waals surface area contributed by atoms with Crippen LogP contribution in [0.3, 0.4) is 0 Å². The lowest BCUT2D eigenvalue weighted by Gasteiger charge is -2.07. The first-order valence-corrected chi connectivity index (χ1v) is 8.16. The summed E-state index contributed by atoms with van der Waals surface area (Å²) in [6.45, 7) is 2.68. The number of hydrogen-bond donors (Lipinski definition) is 0. The molecule has 24 heavy (non-hydrogen) atoms. The minimum absolute atomic E-state index is 0.153. The molecule has 0 amide bonds. The molecule has 0 fully saturated rings. The van der Waals surface area contributed by atoms with Gasteiger partial charge in [0, 0.05) is 6.21 Å². The standard InChI is InChI=1S/C22H21NO/c1-18(21-10-6-3-7-11-21)23-16-19-12-14-22(15-13-19)24-17-20-8-4-2-5-9-20/h2-16,18H,17H2,1H3. The van der Waals surface area contributed by atoms with Crippen LogP contribution in [0.1, 0.15) is 29.7 Å². The van der Waals surface area contributed by atoms with Gasteiger partial charge >= 0.3 is 0 Å². The van der Waals surface area contributed by atoms with Gasteiger partial charge in [0.2, 0.25) is 0 Å². The van der Waals surface area contributed by atoms with E-state index in [0.717, 1.165) is 11.3 Å². The lowest BCUT2D eigenvalue weighted by Crippen LogP contribution is -1.95. The summed E-state index contributed by atoms with van der Waals surface area (Å²) in [5, 5.41) is 0. The van der Waals surface area contributed by atoms with Gasteiger partial charge in [-0.2, -0.15) is 0 Å². The Morgan fingerprint density at radius 2 is 1.46 bits per heavy atom. The van der Waals surface area contributed by atoms with E-state index in [2.05, 4.69) is 36.2 Å². The number of rotatable bonds is 6. The van der Waals surface area contributed by atoms with Crippen LogP contribution in [0.25, 0.3) is 0 Å². The van der Waals surface area contributed by atoms with Crippen molar-refractivity contribution in [3.05, 3.63) is 102 Å². The third-order valence-corrected chi connectivity index (χ3v) is 3.86. The smallest absolute Gasteiger partial charge is 0.119 e. The largest absolute Gasteiger partial charge is 0.489 e. The molecule has 0 aliphatic carbocycles. The van der Waals surface area contributed by atoms with Crippen LogP contribution >= 0.6 is 0 Å². The van der Waals surface area contributed by atoms with E-state index in [0.29, 0.717) is 6.61 Å². The first-order chi connectivity index (χ1) is 11.8. The van der Waals surface area contributed by atoms with Crippen molar-refractivity contribution in [3.63, 3.8) is 0 Å². The average molecular weight is 315 g/mol. The maximum Gasteiger partial charge on any atom is 0.119 e. The van der Waals surface area contributed by atoms with E-state index < -0.39 is 0 Å². The molecule has 3 rings (SSSR count). The van der Waals surface area contributed by atoms with Crippen LogP contribution in [0, 0.1) is 0 Å². The van der Waals surface area contributed by atoms with Crippen LogP contribution < -0.4 is 4.74 Å². The summed E-state index contributed by atoms with van der Waals surface area (Å²) in [6, 6.07) is 28.7. The Morgan fingerprint density at radius 1 is 0.833 bits per heavy atom. The molecule has 2 heteroatoms. The van der Waals surface area contributed by atoms with Gasteiger partial charge in [0.1, 0.15) is 12.4 Å². The molecule has 0 bridgehead atoms. The molecule has 0 spiro atoms. The molecule has 2 nitrogen and oxygen atoms in total. The van der Waals surface area contributed by atoms with Crippen LogP contribution in [-0.2, 0) is 6.61 Å². The second-order valence-electron chi connectivity index (χ2n) is 5.71. The highest BCUT2D eigenvalue weighted by Gasteiger charge is 2.01. The van der Waals surface area contributed by atoms with E-state index >= 15 is 0 Å². The van der Waals surface area contributed by atoms with E-state index in [9.17, 15) is 0 Å². The number of hydrogen-bond acceptors (Lipinski definition) is 2. The predicted molar refractivity (Wildman–Crippen MR) is 99.7 cm³/mol. The number of nitrogens with zero attached hydrogens (tertiary/aromatic N) is 1. The van der Waals surface area contributed by atoms with E-state index in [4.69, 9.17) is 4.74 Å².